The van der Waals surface area contributed by atoms with Crippen LogP contribution in [0, 0.1) is 0 Å². The SMILES string of the molecule is CC/C=C\C/C=C\C/C=C\C/C=C\C/C=C\C/C=C\C/C=C\C/C=C\C/C=C\CCCCCC(=O)OCC(COC(=O)CCCCCCCCCCCC)OC(=O)CCCC/C=C\C/C=C\C/C=C\C/C=C\CC. The Morgan fingerprint density at radius 2 is 0.527 bits per heavy atom. The minimum atomic E-state index is -0.819. The van der Waals surface area contributed by atoms with Crippen molar-refractivity contribution in [2.24, 2.45) is 0 Å². The molecule has 0 radical (unpaired) electrons. The molecule has 1 atom stereocenters. The first-order valence-electron chi connectivity index (χ1n) is 29.5. The summed E-state index contributed by atoms with van der Waals surface area (Å²) >= 11 is 0. The molecule has 0 rings (SSSR count). The summed E-state index contributed by atoms with van der Waals surface area (Å²) in [7, 11) is 0. The lowest BCUT2D eigenvalue weighted by Gasteiger charge is -2.18. The van der Waals surface area contributed by atoms with Crippen LogP contribution in [0.1, 0.15) is 233 Å². The maximum atomic E-state index is 12.8. The van der Waals surface area contributed by atoms with Gasteiger partial charge in [0.15, 0.2) is 6.10 Å². The summed E-state index contributed by atoms with van der Waals surface area (Å²) in [5.74, 6) is -0.997. The van der Waals surface area contributed by atoms with E-state index in [9.17, 15) is 14.4 Å². The van der Waals surface area contributed by atoms with E-state index in [1.165, 1.54) is 44.9 Å². The molecule has 0 saturated carbocycles. The zero-order valence-electron chi connectivity index (χ0n) is 47.3. The summed E-state index contributed by atoms with van der Waals surface area (Å²) in [5.41, 5.74) is 0. The Balaban J connectivity index is 4.38. The van der Waals surface area contributed by atoms with Crippen molar-refractivity contribution in [2.45, 2.75) is 239 Å². The Kier molecular flexibility index (Phi) is 56.5. The van der Waals surface area contributed by atoms with Gasteiger partial charge >= 0.3 is 17.9 Å². The van der Waals surface area contributed by atoms with Crippen molar-refractivity contribution in [2.75, 3.05) is 13.2 Å². The smallest absolute Gasteiger partial charge is 0.306 e. The Hall–Kier alpha value is -4.97. The summed E-state index contributed by atoms with van der Waals surface area (Å²) in [6, 6.07) is 0. The summed E-state index contributed by atoms with van der Waals surface area (Å²) in [5, 5.41) is 0. The lowest BCUT2D eigenvalue weighted by Crippen LogP contribution is -2.30. The first-order valence-corrected chi connectivity index (χ1v) is 29.5. The van der Waals surface area contributed by atoms with Crippen molar-refractivity contribution >= 4 is 17.9 Å². The number of rotatable bonds is 51. The normalized spacial score (nSPS) is 13.3. The Bertz CT molecular complexity index is 1690. The van der Waals surface area contributed by atoms with Crippen molar-refractivity contribution in [3.05, 3.63) is 158 Å². The fourth-order valence-corrected chi connectivity index (χ4v) is 7.42. The van der Waals surface area contributed by atoms with Crippen LogP contribution < -0.4 is 0 Å². The molecular formula is C68H106O6. The average Bonchev–Trinajstić information content (AvgIpc) is 3.40. The van der Waals surface area contributed by atoms with Crippen LogP contribution in [0.2, 0.25) is 0 Å². The topological polar surface area (TPSA) is 78.9 Å². The molecule has 6 heteroatoms. The number of allylic oxidation sites excluding steroid dienone is 26. The third kappa shape index (κ3) is 57.9. The van der Waals surface area contributed by atoms with Crippen LogP contribution in [0.4, 0.5) is 0 Å². The minimum absolute atomic E-state index is 0.110. The van der Waals surface area contributed by atoms with E-state index in [-0.39, 0.29) is 37.5 Å². The predicted molar refractivity (Wildman–Crippen MR) is 320 cm³/mol. The molecule has 414 valence electrons. The molecule has 0 saturated heterocycles. The van der Waals surface area contributed by atoms with E-state index < -0.39 is 6.10 Å². The maximum absolute atomic E-state index is 12.8. The zero-order valence-corrected chi connectivity index (χ0v) is 47.3. The summed E-state index contributed by atoms with van der Waals surface area (Å²) in [6.45, 7) is 6.31. The van der Waals surface area contributed by atoms with Gasteiger partial charge in [-0.25, -0.2) is 0 Å². The second-order valence-corrected chi connectivity index (χ2v) is 18.8. The van der Waals surface area contributed by atoms with Crippen molar-refractivity contribution in [3.63, 3.8) is 0 Å². The molecule has 0 bridgehead atoms. The van der Waals surface area contributed by atoms with E-state index in [1.807, 2.05) is 0 Å². The van der Waals surface area contributed by atoms with E-state index >= 15 is 0 Å². The fourth-order valence-electron chi connectivity index (χ4n) is 7.42. The van der Waals surface area contributed by atoms with E-state index in [2.05, 4.69) is 179 Å². The molecule has 0 amide bonds. The zero-order chi connectivity index (χ0) is 53.6. The lowest BCUT2D eigenvalue weighted by molar-refractivity contribution is -0.167. The molecule has 0 N–H and O–H groups in total. The summed E-state index contributed by atoms with van der Waals surface area (Å²) in [6.07, 6.45) is 88.2. The van der Waals surface area contributed by atoms with Gasteiger partial charge < -0.3 is 14.2 Å². The van der Waals surface area contributed by atoms with E-state index in [4.69, 9.17) is 14.2 Å². The second kappa shape index (κ2) is 60.6. The molecule has 0 aliphatic rings. The molecule has 0 aliphatic heterocycles. The van der Waals surface area contributed by atoms with Gasteiger partial charge in [-0.05, 0) is 128 Å². The average molecular weight is 1020 g/mol. The largest absolute Gasteiger partial charge is 0.462 e. The Labute approximate surface area is 454 Å². The van der Waals surface area contributed by atoms with Crippen molar-refractivity contribution in [1.82, 2.24) is 0 Å². The van der Waals surface area contributed by atoms with Crippen molar-refractivity contribution < 1.29 is 28.6 Å². The molecule has 1 unspecified atom stereocenters. The number of esters is 3. The highest BCUT2D eigenvalue weighted by Crippen LogP contribution is 2.13. The van der Waals surface area contributed by atoms with Crippen LogP contribution in [-0.4, -0.2) is 37.2 Å². The van der Waals surface area contributed by atoms with Gasteiger partial charge in [0.05, 0.1) is 0 Å². The molecule has 74 heavy (non-hydrogen) atoms. The molecule has 0 aromatic heterocycles. The van der Waals surface area contributed by atoms with E-state index in [0.29, 0.717) is 19.3 Å². The highest BCUT2D eigenvalue weighted by molar-refractivity contribution is 5.71. The highest BCUT2D eigenvalue weighted by atomic mass is 16.6. The summed E-state index contributed by atoms with van der Waals surface area (Å²) in [4.78, 5) is 38.0. The molecule has 0 heterocycles. The number of hydrogen-bond donors (Lipinski definition) is 0. The van der Waals surface area contributed by atoms with Gasteiger partial charge in [0, 0.05) is 19.3 Å². The molecule has 0 aliphatic carbocycles. The standard InChI is InChI=1S/C68H106O6/c1-4-7-10-13-16-19-22-24-26-27-28-29-30-31-32-33-34-35-36-37-38-39-40-41-43-44-46-49-52-55-58-61-67(70)73-64-65(63-72-66(69)60-57-54-51-48-21-18-15-12-9-6-3)74-68(71)62-59-56-53-50-47-45-42-25-23-20-17-14-11-8-5-2/h7-8,10-11,16-17,19-20,24-26,28-29,31-32,34-35,37-38,40-42,44,46-47,50,65H,4-6,9,12-15,18,21-23,27,30,33,36,39,43,45,48-49,51-64H2,1-3H3/b10-7-,11-8-,19-16-,20-17-,26-24-,29-28-,32-31-,35-34-,38-37-,41-40-,42-25-,46-44-,50-47-. The van der Waals surface area contributed by atoms with Crippen LogP contribution >= 0.6 is 0 Å². The molecular weight excluding hydrogens is 913 g/mol. The highest BCUT2D eigenvalue weighted by Gasteiger charge is 2.19. The first-order chi connectivity index (χ1) is 36.5. The number of unbranched alkanes of at least 4 members (excludes halogenated alkanes) is 14. The third-order valence-corrected chi connectivity index (χ3v) is 11.8. The fraction of sp³-hybridized carbons (Fsp3) is 0.574. The van der Waals surface area contributed by atoms with Crippen LogP contribution in [0.3, 0.4) is 0 Å². The van der Waals surface area contributed by atoms with Gasteiger partial charge in [-0.3, -0.25) is 14.4 Å². The van der Waals surface area contributed by atoms with E-state index in [1.54, 1.807) is 0 Å². The quantitative estimate of drug-likeness (QED) is 0.0261. The van der Waals surface area contributed by atoms with E-state index in [0.717, 1.165) is 141 Å². The van der Waals surface area contributed by atoms with Crippen LogP contribution in [0.25, 0.3) is 0 Å². The van der Waals surface area contributed by atoms with Crippen molar-refractivity contribution in [3.8, 4) is 0 Å². The third-order valence-electron chi connectivity index (χ3n) is 11.8. The monoisotopic (exact) mass is 1020 g/mol. The summed E-state index contributed by atoms with van der Waals surface area (Å²) < 4.78 is 16.8. The van der Waals surface area contributed by atoms with Crippen LogP contribution in [0.5, 0.6) is 0 Å². The molecule has 0 aromatic rings. The van der Waals surface area contributed by atoms with Gasteiger partial charge in [0.2, 0.25) is 0 Å². The number of carbonyl (C=O) groups is 3. The maximum Gasteiger partial charge on any atom is 0.306 e. The number of ether oxygens (including phenoxy) is 3. The van der Waals surface area contributed by atoms with Gasteiger partial charge in [-0.2, -0.15) is 0 Å². The van der Waals surface area contributed by atoms with Gasteiger partial charge in [0.25, 0.3) is 0 Å². The lowest BCUT2D eigenvalue weighted by atomic mass is 10.1. The van der Waals surface area contributed by atoms with Crippen LogP contribution in [-0.2, 0) is 28.6 Å². The molecule has 6 nitrogen and oxygen atoms in total. The Morgan fingerprint density at radius 1 is 0.284 bits per heavy atom. The minimum Gasteiger partial charge on any atom is -0.462 e. The predicted octanol–water partition coefficient (Wildman–Crippen LogP) is 20.1. The van der Waals surface area contributed by atoms with Gasteiger partial charge in [-0.1, -0.05) is 243 Å². The van der Waals surface area contributed by atoms with Crippen LogP contribution in [0.15, 0.2) is 158 Å². The van der Waals surface area contributed by atoms with Gasteiger partial charge in [0.1, 0.15) is 13.2 Å². The number of hydrogen-bond acceptors (Lipinski definition) is 6. The molecule has 0 aromatic carbocycles. The van der Waals surface area contributed by atoms with Gasteiger partial charge in [-0.15, -0.1) is 0 Å². The second-order valence-electron chi connectivity index (χ2n) is 18.8. The number of carbonyl (C=O) groups excluding carboxylic acids is 3. The molecule has 0 spiro atoms. The Morgan fingerprint density at radius 3 is 0.851 bits per heavy atom. The van der Waals surface area contributed by atoms with Crippen molar-refractivity contribution in [1.29, 1.82) is 0 Å². The first kappa shape index (κ1) is 69.0. The molecule has 0 fully saturated rings.